The van der Waals surface area contributed by atoms with E-state index in [4.69, 9.17) is 0 Å². The number of aromatic nitrogens is 2. The number of hydrogen-bond acceptors (Lipinski definition) is 3. The number of para-hydroxylation sites is 1. The van der Waals surface area contributed by atoms with Crippen molar-refractivity contribution in [2.75, 3.05) is 12.4 Å². The quantitative estimate of drug-likeness (QED) is 0.744. The third kappa shape index (κ3) is 1.78. The molecule has 3 aromatic rings. The van der Waals surface area contributed by atoms with Gasteiger partial charge in [-0.1, -0.05) is 18.2 Å². The molecule has 104 valence electrons. The van der Waals surface area contributed by atoms with Crippen molar-refractivity contribution < 1.29 is 4.79 Å². The Bertz CT molecular complexity index is 806. The first-order valence-corrected chi connectivity index (χ1v) is 6.80. The lowest BCUT2D eigenvalue weighted by molar-refractivity contribution is 0.0733. The maximum Gasteiger partial charge on any atom is 0.257 e. The number of nitrogens with one attached hydrogen (secondary N) is 1. The molecule has 0 bridgehead atoms. The molecule has 1 aliphatic rings. The van der Waals surface area contributed by atoms with Gasteiger partial charge in [0.2, 0.25) is 0 Å². The lowest BCUT2D eigenvalue weighted by atomic mass is 10.1. The summed E-state index contributed by atoms with van der Waals surface area (Å²) in [5.74, 6) is 0.00593. The first-order chi connectivity index (χ1) is 10.2. The van der Waals surface area contributed by atoms with Gasteiger partial charge in [-0.05, 0) is 24.3 Å². The third-order valence-corrected chi connectivity index (χ3v) is 3.82. The van der Waals surface area contributed by atoms with Gasteiger partial charge in [0.25, 0.3) is 5.91 Å². The monoisotopic (exact) mass is 278 g/mol. The van der Waals surface area contributed by atoms with Gasteiger partial charge >= 0.3 is 0 Å². The molecule has 3 heterocycles. The third-order valence-electron chi connectivity index (χ3n) is 3.82. The van der Waals surface area contributed by atoms with Crippen LogP contribution in [0.25, 0.3) is 5.65 Å². The molecular weight excluding hydrogens is 264 g/mol. The molecule has 4 rings (SSSR count). The van der Waals surface area contributed by atoms with Crippen molar-refractivity contribution in [2.24, 2.45) is 0 Å². The highest BCUT2D eigenvalue weighted by Gasteiger charge is 2.31. The van der Waals surface area contributed by atoms with E-state index in [1.807, 2.05) is 59.3 Å². The van der Waals surface area contributed by atoms with Gasteiger partial charge in [0.1, 0.15) is 17.5 Å². The minimum atomic E-state index is -0.257. The van der Waals surface area contributed by atoms with Crippen LogP contribution in [0, 0.1) is 0 Å². The average Bonchev–Trinajstić information content (AvgIpc) is 2.94. The number of benzene rings is 1. The number of hydrogen-bond donors (Lipinski definition) is 1. The molecule has 1 unspecified atom stereocenters. The van der Waals surface area contributed by atoms with Gasteiger partial charge in [0.15, 0.2) is 0 Å². The smallest absolute Gasteiger partial charge is 0.257 e. The van der Waals surface area contributed by atoms with E-state index in [2.05, 4.69) is 10.3 Å². The molecule has 1 atom stereocenters. The fourth-order valence-electron chi connectivity index (χ4n) is 2.71. The van der Waals surface area contributed by atoms with E-state index < -0.39 is 0 Å². The Morgan fingerprint density at radius 1 is 1.14 bits per heavy atom. The van der Waals surface area contributed by atoms with Crippen molar-refractivity contribution in [2.45, 2.75) is 6.17 Å². The van der Waals surface area contributed by atoms with Crippen LogP contribution in [0.4, 0.5) is 5.69 Å². The fraction of sp³-hybridized carbons (Fsp3) is 0.125. The van der Waals surface area contributed by atoms with Crippen molar-refractivity contribution in [3.63, 3.8) is 0 Å². The first-order valence-electron chi connectivity index (χ1n) is 6.80. The van der Waals surface area contributed by atoms with Gasteiger partial charge in [-0.3, -0.25) is 4.79 Å². The Morgan fingerprint density at radius 2 is 1.95 bits per heavy atom. The van der Waals surface area contributed by atoms with E-state index in [0.717, 1.165) is 17.0 Å². The van der Waals surface area contributed by atoms with E-state index in [-0.39, 0.29) is 12.1 Å². The first kappa shape index (κ1) is 12.0. The van der Waals surface area contributed by atoms with Crippen LogP contribution in [-0.4, -0.2) is 27.2 Å². The van der Waals surface area contributed by atoms with Crippen LogP contribution in [0.1, 0.15) is 22.2 Å². The van der Waals surface area contributed by atoms with Crippen LogP contribution >= 0.6 is 0 Å². The molecule has 0 saturated carbocycles. The molecule has 1 aliphatic heterocycles. The summed E-state index contributed by atoms with van der Waals surface area (Å²) >= 11 is 0. The minimum absolute atomic E-state index is 0.00593. The lowest BCUT2D eigenvalue weighted by Gasteiger charge is -2.34. The summed E-state index contributed by atoms with van der Waals surface area (Å²) in [6.07, 6.45) is 3.64. The van der Waals surface area contributed by atoms with Crippen LogP contribution < -0.4 is 5.32 Å². The largest absolute Gasteiger partial charge is 0.359 e. The van der Waals surface area contributed by atoms with E-state index in [1.54, 1.807) is 11.9 Å². The van der Waals surface area contributed by atoms with E-state index in [9.17, 15) is 4.79 Å². The molecule has 21 heavy (non-hydrogen) atoms. The molecular formula is C16H14N4O. The molecule has 0 aliphatic carbocycles. The van der Waals surface area contributed by atoms with Crippen molar-refractivity contribution >= 4 is 17.2 Å². The number of amides is 1. The molecule has 0 fully saturated rings. The Kier molecular flexibility index (Phi) is 2.47. The molecule has 1 N–H and O–H groups in total. The zero-order valence-electron chi connectivity index (χ0n) is 11.5. The summed E-state index contributed by atoms with van der Waals surface area (Å²) in [4.78, 5) is 18.8. The summed E-state index contributed by atoms with van der Waals surface area (Å²) in [7, 11) is 1.79. The zero-order chi connectivity index (χ0) is 14.4. The highest BCUT2D eigenvalue weighted by molar-refractivity contribution is 6.01. The van der Waals surface area contributed by atoms with Gasteiger partial charge in [0, 0.05) is 25.1 Å². The minimum Gasteiger partial charge on any atom is -0.359 e. The summed E-state index contributed by atoms with van der Waals surface area (Å²) in [5, 5.41) is 3.38. The topological polar surface area (TPSA) is 49.6 Å². The van der Waals surface area contributed by atoms with E-state index >= 15 is 0 Å². The molecule has 0 radical (unpaired) electrons. The van der Waals surface area contributed by atoms with Crippen molar-refractivity contribution in [3.05, 3.63) is 66.1 Å². The van der Waals surface area contributed by atoms with Crippen LogP contribution in [-0.2, 0) is 0 Å². The highest BCUT2D eigenvalue weighted by atomic mass is 16.2. The van der Waals surface area contributed by atoms with Gasteiger partial charge in [0.05, 0.1) is 5.56 Å². The highest BCUT2D eigenvalue weighted by Crippen LogP contribution is 2.31. The maximum atomic E-state index is 12.5. The van der Waals surface area contributed by atoms with Gasteiger partial charge < -0.3 is 14.6 Å². The molecule has 2 aromatic heterocycles. The standard InChI is InChI=1S/C16H14N4O/c1-19-15(13-10-20-9-5-4-8-14(20)17-13)18-12-7-3-2-6-11(12)16(19)21/h2-10,15,18H,1H3. The Labute approximate surface area is 121 Å². The number of pyridine rings is 1. The van der Waals surface area contributed by atoms with Gasteiger partial charge in [-0.2, -0.15) is 0 Å². The van der Waals surface area contributed by atoms with Crippen LogP contribution in [0.15, 0.2) is 54.9 Å². The molecule has 5 heteroatoms. The normalized spacial score (nSPS) is 17.7. The Balaban J connectivity index is 1.80. The summed E-state index contributed by atoms with van der Waals surface area (Å²) in [6.45, 7) is 0. The Morgan fingerprint density at radius 3 is 2.81 bits per heavy atom. The van der Waals surface area contributed by atoms with Gasteiger partial charge in [-0.25, -0.2) is 4.98 Å². The number of imidazole rings is 1. The predicted octanol–water partition coefficient (Wildman–Crippen LogP) is 2.53. The maximum absolute atomic E-state index is 12.5. The SMILES string of the molecule is CN1C(=O)c2ccccc2NC1c1cn2ccccc2n1. The van der Waals surface area contributed by atoms with Crippen molar-refractivity contribution in [1.29, 1.82) is 0 Å². The summed E-state index contributed by atoms with van der Waals surface area (Å²) in [6, 6.07) is 13.4. The number of carbonyl (C=O) groups is 1. The number of rotatable bonds is 1. The number of fused-ring (bicyclic) bond motifs is 2. The van der Waals surface area contributed by atoms with Crippen LogP contribution in [0.2, 0.25) is 0 Å². The van der Waals surface area contributed by atoms with Crippen molar-refractivity contribution in [1.82, 2.24) is 14.3 Å². The predicted molar refractivity (Wildman–Crippen MR) is 80.1 cm³/mol. The van der Waals surface area contributed by atoms with Crippen LogP contribution in [0.5, 0.6) is 0 Å². The van der Waals surface area contributed by atoms with Crippen LogP contribution in [0.3, 0.4) is 0 Å². The number of carbonyl (C=O) groups excluding carboxylic acids is 1. The molecule has 1 aromatic carbocycles. The Hall–Kier alpha value is -2.82. The number of anilines is 1. The second kappa shape index (κ2) is 4.34. The van der Waals surface area contributed by atoms with E-state index in [0.29, 0.717) is 5.56 Å². The second-order valence-corrected chi connectivity index (χ2v) is 5.14. The van der Waals surface area contributed by atoms with Gasteiger partial charge in [-0.15, -0.1) is 0 Å². The average molecular weight is 278 g/mol. The molecule has 1 amide bonds. The molecule has 5 nitrogen and oxygen atoms in total. The second-order valence-electron chi connectivity index (χ2n) is 5.14. The number of nitrogens with zero attached hydrogens (tertiary/aromatic N) is 3. The molecule has 0 spiro atoms. The van der Waals surface area contributed by atoms with Crippen molar-refractivity contribution in [3.8, 4) is 0 Å². The summed E-state index contributed by atoms with van der Waals surface area (Å²) < 4.78 is 1.95. The fourth-order valence-corrected chi connectivity index (χ4v) is 2.71. The zero-order valence-corrected chi connectivity index (χ0v) is 11.5. The van der Waals surface area contributed by atoms with E-state index in [1.165, 1.54) is 0 Å². The lowest BCUT2D eigenvalue weighted by Crippen LogP contribution is -2.40. The summed E-state index contributed by atoms with van der Waals surface area (Å²) in [5.41, 5.74) is 3.24. The molecule has 0 saturated heterocycles.